The van der Waals surface area contributed by atoms with Gasteiger partial charge in [0.15, 0.2) is 11.6 Å². The van der Waals surface area contributed by atoms with Crippen LogP contribution in [0.1, 0.15) is 24.6 Å². The van der Waals surface area contributed by atoms with Crippen LogP contribution in [0.15, 0.2) is 18.2 Å². The molecular formula is C14H18F2N4. The van der Waals surface area contributed by atoms with Crippen LogP contribution in [0, 0.1) is 18.6 Å². The first-order valence-corrected chi connectivity index (χ1v) is 6.53. The van der Waals surface area contributed by atoms with Crippen LogP contribution in [0.5, 0.6) is 0 Å². The van der Waals surface area contributed by atoms with Gasteiger partial charge in [0.25, 0.3) is 0 Å². The Balaban J connectivity index is 2.15. The predicted octanol–water partition coefficient (Wildman–Crippen LogP) is 3.07. The topological polar surface area (TPSA) is 55.9 Å². The van der Waals surface area contributed by atoms with E-state index in [1.807, 2.05) is 13.8 Å². The Hall–Kier alpha value is -2.11. The Kier molecular flexibility index (Phi) is 4.22. The second-order valence-electron chi connectivity index (χ2n) is 4.67. The van der Waals surface area contributed by atoms with Gasteiger partial charge in [0, 0.05) is 13.1 Å². The van der Waals surface area contributed by atoms with E-state index in [-0.39, 0.29) is 0 Å². The summed E-state index contributed by atoms with van der Waals surface area (Å²) in [5.41, 5.74) is 7.96. The fraction of sp³-hybridized carbons (Fsp3) is 0.357. The molecule has 2 aromatic rings. The summed E-state index contributed by atoms with van der Waals surface area (Å²) >= 11 is 0. The number of halogens is 2. The number of hydrogen-bond donors (Lipinski definition) is 2. The van der Waals surface area contributed by atoms with Crippen molar-refractivity contribution >= 4 is 11.5 Å². The molecule has 0 aliphatic rings. The molecule has 0 amide bonds. The third-order valence-corrected chi connectivity index (χ3v) is 3.05. The number of aromatic nitrogens is 2. The molecule has 1 aromatic carbocycles. The molecule has 6 heteroatoms. The van der Waals surface area contributed by atoms with Crippen molar-refractivity contribution in [2.45, 2.75) is 33.4 Å². The second kappa shape index (κ2) is 5.90. The Labute approximate surface area is 116 Å². The van der Waals surface area contributed by atoms with Gasteiger partial charge in [0.1, 0.15) is 5.82 Å². The van der Waals surface area contributed by atoms with E-state index < -0.39 is 11.6 Å². The number of hydrogen-bond acceptors (Lipinski definition) is 3. The van der Waals surface area contributed by atoms with Crippen LogP contribution >= 0.6 is 0 Å². The summed E-state index contributed by atoms with van der Waals surface area (Å²) in [7, 11) is 0. The highest BCUT2D eigenvalue weighted by atomic mass is 19.2. The molecule has 20 heavy (non-hydrogen) atoms. The molecule has 0 spiro atoms. The summed E-state index contributed by atoms with van der Waals surface area (Å²) < 4.78 is 27.8. The van der Waals surface area contributed by atoms with Crippen molar-refractivity contribution in [3.63, 3.8) is 0 Å². The van der Waals surface area contributed by atoms with Gasteiger partial charge in [0.05, 0.1) is 11.4 Å². The lowest BCUT2D eigenvalue weighted by Gasteiger charge is -2.10. The summed E-state index contributed by atoms with van der Waals surface area (Å²) in [6.07, 6.45) is 0.931. The number of nitrogens with two attached hydrogens (primary N) is 1. The smallest absolute Gasteiger partial charge is 0.159 e. The zero-order chi connectivity index (χ0) is 14.7. The van der Waals surface area contributed by atoms with Crippen LogP contribution in [0.4, 0.5) is 20.3 Å². The van der Waals surface area contributed by atoms with Crippen molar-refractivity contribution in [2.75, 3.05) is 11.1 Å². The van der Waals surface area contributed by atoms with Crippen LogP contribution in [0.2, 0.25) is 0 Å². The van der Waals surface area contributed by atoms with Gasteiger partial charge in [-0.25, -0.2) is 13.5 Å². The predicted molar refractivity (Wildman–Crippen MR) is 75.4 cm³/mol. The maximum Gasteiger partial charge on any atom is 0.159 e. The molecule has 108 valence electrons. The first-order valence-electron chi connectivity index (χ1n) is 6.53. The van der Waals surface area contributed by atoms with E-state index in [9.17, 15) is 8.78 Å². The minimum Gasteiger partial charge on any atom is -0.394 e. The monoisotopic (exact) mass is 280 g/mol. The fourth-order valence-corrected chi connectivity index (χ4v) is 1.99. The molecule has 0 unspecified atom stereocenters. The second-order valence-corrected chi connectivity index (χ2v) is 4.67. The average molecular weight is 280 g/mol. The highest BCUT2D eigenvalue weighted by Gasteiger charge is 2.12. The molecule has 0 atom stereocenters. The molecule has 0 bridgehead atoms. The number of nitrogen functional groups attached to an aromatic ring is 1. The lowest BCUT2D eigenvalue weighted by atomic mass is 10.2. The number of nitrogens with one attached hydrogen (secondary N) is 1. The Morgan fingerprint density at radius 2 is 2.05 bits per heavy atom. The SMILES string of the molecule is CCCn1nc(C)c(N)c1NCc1ccc(F)c(F)c1. The van der Waals surface area contributed by atoms with Gasteiger partial charge in [-0.05, 0) is 31.0 Å². The summed E-state index contributed by atoms with van der Waals surface area (Å²) in [6.45, 7) is 4.99. The van der Waals surface area contributed by atoms with Crippen molar-refractivity contribution in [1.82, 2.24) is 9.78 Å². The maximum absolute atomic E-state index is 13.1. The number of nitrogens with zero attached hydrogens (tertiary/aromatic N) is 2. The molecule has 1 aromatic heterocycles. The van der Waals surface area contributed by atoms with E-state index in [1.165, 1.54) is 12.1 Å². The molecule has 2 rings (SSSR count). The van der Waals surface area contributed by atoms with Gasteiger partial charge >= 0.3 is 0 Å². The molecular weight excluding hydrogens is 262 g/mol. The minimum atomic E-state index is -0.851. The van der Waals surface area contributed by atoms with E-state index in [0.717, 1.165) is 24.7 Å². The molecule has 0 radical (unpaired) electrons. The normalized spacial score (nSPS) is 10.8. The quantitative estimate of drug-likeness (QED) is 0.885. The van der Waals surface area contributed by atoms with E-state index in [0.29, 0.717) is 23.6 Å². The van der Waals surface area contributed by atoms with E-state index in [4.69, 9.17) is 5.73 Å². The van der Waals surface area contributed by atoms with Crippen LogP contribution in [0.25, 0.3) is 0 Å². The Morgan fingerprint density at radius 3 is 2.70 bits per heavy atom. The first kappa shape index (κ1) is 14.3. The van der Waals surface area contributed by atoms with Crippen molar-refractivity contribution in [2.24, 2.45) is 0 Å². The number of benzene rings is 1. The molecule has 3 N–H and O–H groups in total. The van der Waals surface area contributed by atoms with E-state index in [1.54, 1.807) is 4.68 Å². The summed E-state index contributed by atoms with van der Waals surface area (Å²) in [5, 5.41) is 7.48. The summed E-state index contributed by atoms with van der Waals surface area (Å²) in [5.74, 6) is -0.982. The largest absolute Gasteiger partial charge is 0.394 e. The molecule has 4 nitrogen and oxygen atoms in total. The third-order valence-electron chi connectivity index (χ3n) is 3.05. The van der Waals surface area contributed by atoms with Gasteiger partial charge < -0.3 is 11.1 Å². The maximum atomic E-state index is 13.1. The highest BCUT2D eigenvalue weighted by Crippen LogP contribution is 2.23. The fourth-order valence-electron chi connectivity index (χ4n) is 1.99. The number of aryl methyl sites for hydroxylation is 2. The molecule has 0 fully saturated rings. The van der Waals surface area contributed by atoms with Crippen molar-refractivity contribution in [3.8, 4) is 0 Å². The average Bonchev–Trinajstić information content (AvgIpc) is 2.67. The standard InChI is InChI=1S/C14H18F2N4/c1-3-6-20-14(13(17)9(2)19-20)18-8-10-4-5-11(15)12(16)7-10/h4-5,7,18H,3,6,8,17H2,1-2H3. The van der Waals surface area contributed by atoms with Crippen LogP contribution in [0.3, 0.4) is 0 Å². The first-order chi connectivity index (χ1) is 9.52. The molecule has 0 aliphatic carbocycles. The van der Waals surface area contributed by atoms with Gasteiger partial charge in [-0.2, -0.15) is 5.10 Å². The number of anilines is 2. The lowest BCUT2D eigenvalue weighted by Crippen LogP contribution is -2.09. The van der Waals surface area contributed by atoms with Crippen molar-refractivity contribution in [3.05, 3.63) is 41.1 Å². The summed E-state index contributed by atoms with van der Waals surface area (Å²) in [4.78, 5) is 0. The van der Waals surface area contributed by atoms with Gasteiger partial charge in [-0.1, -0.05) is 13.0 Å². The molecule has 0 saturated carbocycles. The van der Waals surface area contributed by atoms with E-state index in [2.05, 4.69) is 10.4 Å². The summed E-state index contributed by atoms with van der Waals surface area (Å²) in [6, 6.07) is 3.82. The number of rotatable bonds is 5. The lowest BCUT2D eigenvalue weighted by molar-refractivity contribution is 0.507. The van der Waals surface area contributed by atoms with Crippen LogP contribution < -0.4 is 11.1 Å². The van der Waals surface area contributed by atoms with Crippen molar-refractivity contribution in [1.29, 1.82) is 0 Å². The van der Waals surface area contributed by atoms with Gasteiger partial charge in [-0.3, -0.25) is 0 Å². The van der Waals surface area contributed by atoms with Gasteiger partial charge in [0.2, 0.25) is 0 Å². The molecule has 1 heterocycles. The molecule has 0 aliphatic heterocycles. The van der Waals surface area contributed by atoms with Crippen molar-refractivity contribution < 1.29 is 8.78 Å². The molecule has 0 saturated heterocycles. The highest BCUT2D eigenvalue weighted by molar-refractivity contribution is 5.64. The van der Waals surface area contributed by atoms with Crippen LogP contribution in [-0.2, 0) is 13.1 Å². The van der Waals surface area contributed by atoms with E-state index >= 15 is 0 Å². The zero-order valence-corrected chi connectivity index (χ0v) is 11.6. The van der Waals surface area contributed by atoms with Crippen LogP contribution in [-0.4, -0.2) is 9.78 Å². The minimum absolute atomic E-state index is 0.357. The third kappa shape index (κ3) is 2.89. The Morgan fingerprint density at radius 1 is 1.30 bits per heavy atom. The Bertz CT molecular complexity index is 607. The van der Waals surface area contributed by atoms with Gasteiger partial charge in [-0.15, -0.1) is 0 Å². The zero-order valence-electron chi connectivity index (χ0n) is 11.6.